The minimum Gasteiger partial charge on any atom is -0.485 e. The van der Waals surface area contributed by atoms with Gasteiger partial charge in [0, 0.05) is 6.92 Å². The molecular weight excluding hydrogens is 394 g/mol. The van der Waals surface area contributed by atoms with Crippen molar-refractivity contribution in [1.82, 2.24) is 15.5 Å². The van der Waals surface area contributed by atoms with Crippen LogP contribution in [0.2, 0.25) is 0 Å². The lowest BCUT2D eigenvalue weighted by Crippen LogP contribution is -2.44. The topological polar surface area (TPSA) is 130 Å². The van der Waals surface area contributed by atoms with Gasteiger partial charge in [0.05, 0.1) is 12.7 Å². The molecule has 2 rings (SSSR count). The number of esters is 2. The van der Waals surface area contributed by atoms with Gasteiger partial charge in [-0.25, -0.2) is 9.59 Å². The van der Waals surface area contributed by atoms with Crippen molar-refractivity contribution in [3.8, 4) is 5.75 Å². The number of methoxy groups -OCH3 is 1. The Labute approximate surface area is 173 Å². The molecule has 1 amide bonds. The Kier molecular flexibility index (Phi) is 8.33. The van der Waals surface area contributed by atoms with Crippen LogP contribution in [-0.2, 0) is 25.7 Å². The third kappa shape index (κ3) is 7.19. The quantitative estimate of drug-likeness (QED) is 0.573. The SMILES string of the molecule is COC(=O)C(CC(C)C)NC(=O)COC(=O)c1ccc(OCc2noc(C)n2)cc1. The number of ether oxygens (including phenoxy) is 3. The van der Waals surface area contributed by atoms with E-state index >= 15 is 0 Å². The Morgan fingerprint density at radius 2 is 1.87 bits per heavy atom. The number of nitrogens with zero attached hydrogens (tertiary/aromatic N) is 2. The van der Waals surface area contributed by atoms with Crippen LogP contribution in [0, 0.1) is 12.8 Å². The number of carbonyl (C=O) groups is 3. The van der Waals surface area contributed by atoms with Crippen LogP contribution in [0.15, 0.2) is 28.8 Å². The number of aryl methyl sites for hydroxylation is 1. The van der Waals surface area contributed by atoms with Crippen molar-refractivity contribution in [3.63, 3.8) is 0 Å². The first-order chi connectivity index (χ1) is 14.3. The van der Waals surface area contributed by atoms with E-state index in [1.807, 2.05) is 13.8 Å². The number of benzene rings is 1. The molecule has 0 aliphatic rings. The van der Waals surface area contributed by atoms with Gasteiger partial charge in [-0.3, -0.25) is 4.79 Å². The van der Waals surface area contributed by atoms with E-state index in [2.05, 4.69) is 20.2 Å². The van der Waals surface area contributed by atoms with Crippen LogP contribution in [0.1, 0.15) is 42.3 Å². The van der Waals surface area contributed by atoms with Gasteiger partial charge in [0.25, 0.3) is 5.91 Å². The molecule has 1 N–H and O–H groups in total. The van der Waals surface area contributed by atoms with Crippen LogP contribution in [0.25, 0.3) is 0 Å². The molecule has 0 aliphatic carbocycles. The minimum absolute atomic E-state index is 0.124. The number of aromatic nitrogens is 2. The highest BCUT2D eigenvalue weighted by atomic mass is 16.5. The average molecular weight is 419 g/mol. The lowest BCUT2D eigenvalue weighted by molar-refractivity contribution is -0.145. The fraction of sp³-hybridized carbons (Fsp3) is 0.450. The first-order valence-electron chi connectivity index (χ1n) is 9.34. The van der Waals surface area contributed by atoms with E-state index in [0.29, 0.717) is 23.9 Å². The van der Waals surface area contributed by atoms with Crippen LogP contribution in [0.3, 0.4) is 0 Å². The Morgan fingerprint density at radius 1 is 1.17 bits per heavy atom. The number of carbonyl (C=O) groups excluding carboxylic acids is 3. The Morgan fingerprint density at radius 3 is 2.43 bits per heavy atom. The normalized spacial score (nSPS) is 11.6. The Balaban J connectivity index is 1.82. The molecule has 0 radical (unpaired) electrons. The summed E-state index contributed by atoms with van der Waals surface area (Å²) >= 11 is 0. The number of nitrogens with one attached hydrogen (secondary N) is 1. The van der Waals surface area contributed by atoms with Crippen molar-refractivity contribution in [1.29, 1.82) is 0 Å². The van der Waals surface area contributed by atoms with Gasteiger partial charge in [0.2, 0.25) is 11.7 Å². The fourth-order valence-corrected chi connectivity index (χ4v) is 2.51. The maximum absolute atomic E-state index is 12.1. The Bertz CT molecular complexity index is 862. The molecule has 0 fully saturated rings. The van der Waals surface area contributed by atoms with Crippen LogP contribution >= 0.6 is 0 Å². The molecule has 162 valence electrons. The first-order valence-corrected chi connectivity index (χ1v) is 9.34. The fourth-order valence-electron chi connectivity index (χ4n) is 2.51. The summed E-state index contributed by atoms with van der Waals surface area (Å²) < 4.78 is 20.0. The summed E-state index contributed by atoms with van der Waals surface area (Å²) in [5.74, 6) is -0.292. The molecule has 1 aromatic heterocycles. The summed E-state index contributed by atoms with van der Waals surface area (Å²) in [6.45, 7) is 5.12. The molecule has 10 nitrogen and oxygen atoms in total. The zero-order chi connectivity index (χ0) is 22.1. The number of amides is 1. The van der Waals surface area contributed by atoms with E-state index in [1.54, 1.807) is 19.1 Å². The van der Waals surface area contributed by atoms with Gasteiger partial charge >= 0.3 is 11.9 Å². The standard InChI is InChI=1S/C20H25N3O7/c1-12(2)9-16(20(26)27-4)22-18(24)11-29-19(25)14-5-7-15(8-6-14)28-10-17-21-13(3)30-23-17/h5-8,12,16H,9-11H2,1-4H3,(H,22,24). The lowest BCUT2D eigenvalue weighted by atomic mass is 10.0. The molecule has 1 heterocycles. The second-order valence-corrected chi connectivity index (χ2v) is 6.89. The van der Waals surface area contributed by atoms with Crippen molar-refractivity contribution in [2.24, 2.45) is 5.92 Å². The number of hydrogen-bond donors (Lipinski definition) is 1. The largest absolute Gasteiger partial charge is 0.485 e. The lowest BCUT2D eigenvalue weighted by Gasteiger charge is -2.18. The van der Waals surface area contributed by atoms with Crippen LogP contribution < -0.4 is 10.1 Å². The number of rotatable bonds is 10. The third-order valence-electron chi connectivity index (χ3n) is 3.89. The van der Waals surface area contributed by atoms with Crippen molar-refractivity contribution in [2.45, 2.75) is 39.8 Å². The van der Waals surface area contributed by atoms with Gasteiger partial charge in [-0.2, -0.15) is 4.98 Å². The maximum atomic E-state index is 12.1. The highest BCUT2D eigenvalue weighted by Gasteiger charge is 2.23. The van der Waals surface area contributed by atoms with Gasteiger partial charge in [-0.15, -0.1) is 0 Å². The molecule has 10 heteroatoms. The highest BCUT2D eigenvalue weighted by molar-refractivity contribution is 5.92. The summed E-state index contributed by atoms with van der Waals surface area (Å²) in [5.41, 5.74) is 0.247. The predicted molar refractivity (Wildman–Crippen MR) is 103 cm³/mol. The van der Waals surface area contributed by atoms with Crippen molar-refractivity contribution >= 4 is 17.8 Å². The molecule has 1 aromatic carbocycles. The van der Waals surface area contributed by atoms with Gasteiger partial charge in [0.1, 0.15) is 11.8 Å². The zero-order valence-electron chi connectivity index (χ0n) is 17.3. The second-order valence-electron chi connectivity index (χ2n) is 6.89. The van der Waals surface area contributed by atoms with Crippen molar-refractivity contribution in [3.05, 3.63) is 41.5 Å². The van der Waals surface area contributed by atoms with E-state index in [1.165, 1.54) is 19.2 Å². The zero-order valence-corrected chi connectivity index (χ0v) is 17.3. The van der Waals surface area contributed by atoms with Gasteiger partial charge in [-0.1, -0.05) is 19.0 Å². The van der Waals surface area contributed by atoms with Crippen LogP contribution in [-0.4, -0.2) is 47.7 Å². The van der Waals surface area contributed by atoms with Gasteiger partial charge in [0.15, 0.2) is 13.2 Å². The minimum atomic E-state index is -0.791. The molecular formula is C20H25N3O7. The predicted octanol–water partition coefficient (Wildman–Crippen LogP) is 1.82. The Hall–Kier alpha value is -3.43. The van der Waals surface area contributed by atoms with Gasteiger partial charge in [-0.05, 0) is 36.6 Å². The first kappa shape index (κ1) is 22.9. The molecule has 1 unspecified atom stereocenters. The summed E-state index contributed by atoms with van der Waals surface area (Å²) in [6, 6.07) is 5.39. The second kappa shape index (κ2) is 10.9. The van der Waals surface area contributed by atoms with E-state index in [-0.39, 0.29) is 18.1 Å². The molecule has 0 spiro atoms. The van der Waals surface area contributed by atoms with Crippen molar-refractivity contribution < 1.29 is 33.1 Å². The van der Waals surface area contributed by atoms with Crippen molar-refractivity contribution in [2.75, 3.05) is 13.7 Å². The van der Waals surface area contributed by atoms with Crippen LogP contribution in [0.5, 0.6) is 5.75 Å². The summed E-state index contributed by atoms with van der Waals surface area (Å²) in [4.78, 5) is 39.9. The molecule has 30 heavy (non-hydrogen) atoms. The monoisotopic (exact) mass is 419 g/mol. The van der Waals surface area contributed by atoms with E-state index in [0.717, 1.165) is 0 Å². The summed E-state index contributed by atoms with van der Waals surface area (Å²) in [7, 11) is 1.25. The smallest absolute Gasteiger partial charge is 0.338 e. The summed E-state index contributed by atoms with van der Waals surface area (Å²) in [5, 5.41) is 6.24. The molecule has 0 saturated carbocycles. The van der Waals surface area contributed by atoms with E-state index in [9.17, 15) is 14.4 Å². The van der Waals surface area contributed by atoms with Gasteiger partial charge < -0.3 is 24.1 Å². The molecule has 0 saturated heterocycles. The molecule has 1 atom stereocenters. The summed E-state index contributed by atoms with van der Waals surface area (Å²) in [6.07, 6.45) is 0.414. The molecule has 0 bridgehead atoms. The third-order valence-corrected chi connectivity index (χ3v) is 3.89. The molecule has 0 aliphatic heterocycles. The maximum Gasteiger partial charge on any atom is 0.338 e. The van der Waals surface area contributed by atoms with E-state index in [4.69, 9.17) is 14.0 Å². The average Bonchev–Trinajstić information content (AvgIpc) is 3.14. The molecule has 2 aromatic rings. The highest BCUT2D eigenvalue weighted by Crippen LogP contribution is 2.14. The van der Waals surface area contributed by atoms with Crippen LogP contribution in [0.4, 0.5) is 0 Å². The number of hydrogen-bond acceptors (Lipinski definition) is 9. The van der Waals surface area contributed by atoms with E-state index < -0.39 is 30.5 Å².